The van der Waals surface area contributed by atoms with Gasteiger partial charge in [0, 0.05) is 23.8 Å². The summed E-state index contributed by atoms with van der Waals surface area (Å²) in [5.41, 5.74) is -3.51. The molecule has 0 unspecified atom stereocenters. The molecule has 2 aromatic rings. The lowest BCUT2D eigenvalue weighted by Gasteiger charge is -2.12. The average molecular weight is 414 g/mol. The third-order valence-corrected chi connectivity index (χ3v) is 2.74. The van der Waals surface area contributed by atoms with E-state index in [4.69, 9.17) is 0 Å². The topological polar surface area (TPSA) is 81.2 Å². The molecule has 0 aliphatic heterocycles. The highest BCUT2D eigenvalue weighted by atomic mass is 35.5. The maximum atomic E-state index is 12.6. The summed E-state index contributed by atoms with van der Waals surface area (Å²) in [6.07, 6.45) is -4.56. The summed E-state index contributed by atoms with van der Waals surface area (Å²) >= 11 is 4.66. The van der Waals surface area contributed by atoms with Crippen LogP contribution in [0.25, 0.3) is 0 Å². The van der Waals surface area contributed by atoms with Crippen LogP contribution in [0.3, 0.4) is 0 Å². The van der Waals surface area contributed by atoms with Crippen LogP contribution in [0.1, 0.15) is 6.92 Å². The minimum absolute atomic E-state index is 0.00564. The van der Waals surface area contributed by atoms with Gasteiger partial charge in [0.1, 0.15) is 5.75 Å². The number of nitrogens with one attached hydrogen (secondary N) is 2. The Hall–Kier alpha value is -2.63. The van der Waals surface area contributed by atoms with Crippen LogP contribution < -0.4 is 20.1 Å². The second-order valence-corrected chi connectivity index (χ2v) is 5.34. The van der Waals surface area contributed by atoms with Crippen LogP contribution >= 0.6 is 11.6 Å². The summed E-state index contributed by atoms with van der Waals surface area (Å²) in [7, 11) is 0. The molecule has 0 fully saturated rings. The van der Waals surface area contributed by atoms with Crippen molar-refractivity contribution >= 4 is 29.2 Å². The van der Waals surface area contributed by atoms with E-state index in [9.17, 15) is 22.0 Å². The quantitative estimate of drug-likeness (QED) is 0.497. The molecular formula is C14H13ClF5N5O2. The van der Waals surface area contributed by atoms with E-state index < -0.39 is 24.4 Å². The molecule has 0 saturated heterocycles. The van der Waals surface area contributed by atoms with Crippen LogP contribution in [0.15, 0.2) is 24.3 Å². The van der Waals surface area contributed by atoms with E-state index in [0.29, 0.717) is 12.2 Å². The van der Waals surface area contributed by atoms with Crippen molar-refractivity contribution in [3.05, 3.63) is 24.3 Å². The molecule has 27 heavy (non-hydrogen) atoms. The zero-order chi connectivity index (χ0) is 20.1. The van der Waals surface area contributed by atoms with Gasteiger partial charge in [-0.25, -0.2) is 0 Å². The van der Waals surface area contributed by atoms with Gasteiger partial charge < -0.3 is 20.1 Å². The van der Waals surface area contributed by atoms with Gasteiger partial charge in [-0.2, -0.15) is 28.1 Å². The Morgan fingerprint density at radius 3 is 2.19 bits per heavy atom. The molecular weight excluding hydrogens is 401 g/mol. The van der Waals surface area contributed by atoms with Crippen molar-refractivity contribution in [2.45, 2.75) is 18.7 Å². The average Bonchev–Trinajstić information content (AvgIpc) is 2.53. The molecule has 0 aliphatic rings. The van der Waals surface area contributed by atoms with Gasteiger partial charge >= 0.3 is 17.8 Å². The van der Waals surface area contributed by atoms with Crippen LogP contribution in [0.4, 0.5) is 39.5 Å². The lowest BCUT2D eigenvalue weighted by molar-refractivity contribution is -0.154. The molecule has 0 bridgehead atoms. The Balaban J connectivity index is 2.15. The number of alkyl halides is 6. The first-order chi connectivity index (χ1) is 12.5. The van der Waals surface area contributed by atoms with E-state index in [1.165, 1.54) is 24.3 Å². The van der Waals surface area contributed by atoms with Gasteiger partial charge in [-0.3, -0.25) is 0 Å². The molecule has 0 radical (unpaired) electrons. The SMILES string of the molecule is CCNc1nc(Nc2ccc(OC(F)(F)Cl)cc2)nc(OCC(F)(F)F)n1. The molecule has 148 valence electrons. The molecule has 1 aromatic heterocycles. The lowest BCUT2D eigenvalue weighted by Crippen LogP contribution is -2.20. The Bertz CT molecular complexity index is 755. The molecule has 0 spiro atoms. The fourth-order valence-corrected chi connectivity index (χ4v) is 1.82. The third-order valence-electron chi connectivity index (χ3n) is 2.66. The Labute approximate surface area is 154 Å². The van der Waals surface area contributed by atoms with Crippen molar-refractivity contribution in [3.63, 3.8) is 0 Å². The van der Waals surface area contributed by atoms with Crippen LogP contribution in [0, 0.1) is 0 Å². The van der Waals surface area contributed by atoms with E-state index in [1.54, 1.807) is 6.92 Å². The highest BCUT2D eigenvalue weighted by Crippen LogP contribution is 2.27. The second kappa shape index (κ2) is 8.37. The summed E-state index contributed by atoms with van der Waals surface area (Å²) in [6.45, 7) is 0.569. The van der Waals surface area contributed by atoms with Crippen LogP contribution in [0.5, 0.6) is 11.8 Å². The highest BCUT2D eigenvalue weighted by Gasteiger charge is 2.29. The van der Waals surface area contributed by atoms with Gasteiger partial charge in [0.25, 0.3) is 0 Å². The van der Waals surface area contributed by atoms with Crippen molar-refractivity contribution in [2.24, 2.45) is 0 Å². The van der Waals surface area contributed by atoms with E-state index in [-0.39, 0.29) is 17.6 Å². The van der Waals surface area contributed by atoms with Gasteiger partial charge in [-0.1, -0.05) is 0 Å². The number of hydrogen-bond acceptors (Lipinski definition) is 7. The molecule has 1 heterocycles. The Morgan fingerprint density at radius 1 is 1.00 bits per heavy atom. The maximum absolute atomic E-state index is 12.6. The number of anilines is 3. The van der Waals surface area contributed by atoms with Crippen LogP contribution in [-0.2, 0) is 0 Å². The molecule has 13 heteroatoms. The van der Waals surface area contributed by atoms with E-state index in [2.05, 4.69) is 46.7 Å². The van der Waals surface area contributed by atoms with Gasteiger partial charge in [-0.15, -0.1) is 8.78 Å². The van der Waals surface area contributed by atoms with Crippen LogP contribution in [0.2, 0.25) is 0 Å². The smallest absolute Gasteiger partial charge is 0.454 e. The summed E-state index contributed by atoms with van der Waals surface area (Å²) in [5.74, 6) is -0.317. The fraction of sp³-hybridized carbons (Fsp3) is 0.357. The molecule has 0 aliphatic carbocycles. The number of aromatic nitrogens is 3. The second-order valence-electron chi connectivity index (χ2n) is 4.90. The van der Waals surface area contributed by atoms with Gasteiger partial charge in [0.2, 0.25) is 11.9 Å². The summed E-state index contributed by atoms with van der Waals surface area (Å²) in [5, 5.41) is 5.42. The number of benzene rings is 1. The number of hydrogen-bond donors (Lipinski definition) is 2. The largest absolute Gasteiger partial charge is 0.487 e. The predicted octanol–water partition coefficient (Wildman–Crippen LogP) is 4.16. The van der Waals surface area contributed by atoms with E-state index >= 15 is 0 Å². The molecule has 0 atom stereocenters. The molecule has 2 rings (SSSR count). The van der Waals surface area contributed by atoms with E-state index in [0.717, 1.165) is 0 Å². The summed E-state index contributed by atoms with van der Waals surface area (Å²) < 4.78 is 70.7. The van der Waals surface area contributed by atoms with Crippen molar-refractivity contribution in [1.29, 1.82) is 0 Å². The molecule has 2 N–H and O–H groups in total. The van der Waals surface area contributed by atoms with Gasteiger partial charge in [0.05, 0.1) is 0 Å². The number of nitrogens with zero attached hydrogens (tertiary/aromatic N) is 3. The van der Waals surface area contributed by atoms with Crippen molar-refractivity contribution in [3.8, 4) is 11.8 Å². The Kier molecular flexibility index (Phi) is 6.41. The standard InChI is InChI=1S/C14H13ClF5N5O2/c1-2-21-10-23-11(25-12(24-10)26-7-13(16,17)18)22-8-3-5-9(6-4-8)27-14(15,19)20/h3-6H,2,7H2,1H3,(H2,21,22,23,24,25). The normalized spacial score (nSPS) is 11.8. The number of halogens is 6. The van der Waals surface area contributed by atoms with Crippen molar-refractivity contribution in [2.75, 3.05) is 23.8 Å². The number of ether oxygens (including phenoxy) is 2. The summed E-state index contributed by atoms with van der Waals surface area (Å²) in [4.78, 5) is 11.4. The first-order valence-corrected chi connectivity index (χ1v) is 7.74. The zero-order valence-electron chi connectivity index (χ0n) is 13.6. The van der Waals surface area contributed by atoms with E-state index in [1.807, 2.05) is 0 Å². The molecule has 0 amide bonds. The fourth-order valence-electron chi connectivity index (χ4n) is 1.73. The minimum atomic E-state index is -4.56. The van der Waals surface area contributed by atoms with Gasteiger partial charge in [-0.05, 0) is 31.2 Å². The van der Waals surface area contributed by atoms with Crippen molar-refractivity contribution < 1.29 is 31.4 Å². The molecule has 0 saturated carbocycles. The summed E-state index contributed by atoms with van der Waals surface area (Å²) in [6, 6.07) is 4.57. The maximum Gasteiger partial charge on any atom is 0.487 e. The number of rotatable bonds is 8. The minimum Gasteiger partial charge on any atom is -0.454 e. The first-order valence-electron chi connectivity index (χ1n) is 7.36. The first kappa shape index (κ1) is 20.7. The highest BCUT2D eigenvalue weighted by molar-refractivity contribution is 6.20. The van der Waals surface area contributed by atoms with Crippen LogP contribution in [-0.4, -0.2) is 39.8 Å². The van der Waals surface area contributed by atoms with Gasteiger partial charge in [0.15, 0.2) is 6.61 Å². The monoisotopic (exact) mass is 413 g/mol. The molecule has 7 nitrogen and oxygen atoms in total. The third kappa shape index (κ3) is 7.64. The zero-order valence-corrected chi connectivity index (χ0v) is 14.4. The lowest BCUT2D eigenvalue weighted by atomic mass is 10.3. The molecule has 1 aromatic carbocycles. The predicted molar refractivity (Wildman–Crippen MR) is 86.7 cm³/mol. The van der Waals surface area contributed by atoms with Crippen molar-refractivity contribution in [1.82, 2.24) is 15.0 Å². The Morgan fingerprint density at radius 2 is 1.63 bits per heavy atom.